The van der Waals surface area contributed by atoms with Gasteiger partial charge in [-0.15, -0.1) is 0 Å². The van der Waals surface area contributed by atoms with Gasteiger partial charge in [0, 0.05) is 38.8 Å². The molecule has 2 aliphatic rings. The standard InChI is InChI=1S/C17H26N2O2/c20-17-8-4-7-16(17)19-11-9-18(10-12-19)13-14-21-15-5-2-1-3-6-15/h1-3,5-6,16-17,20H,4,7-14H2/t16-,17+/m1/s1. The first-order chi connectivity index (χ1) is 10.3. The van der Waals surface area contributed by atoms with E-state index in [1.807, 2.05) is 30.3 Å². The van der Waals surface area contributed by atoms with E-state index in [1.54, 1.807) is 0 Å². The van der Waals surface area contributed by atoms with Crippen molar-refractivity contribution >= 4 is 0 Å². The number of aliphatic hydroxyl groups is 1. The number of ether oxygens (including phenoxy) is 1. The minimum atomic E-state index is -0.0991. The van der Waals surface area contributed by atoms with Crippen LogP contribution in [0.3, 0.4) is 0 Å². The van der Waals surface area contributed by atoms with Crippen LogP contribution in [-0.4, -0.2) is 66.4 Å². The van der Waals surface area contributed by atoms with Gasteiger partial charge < -0.3 is 9.84 Å². The Morgan fingerprint density at radius 1 is 1.05 bits per heavy atom. The zero-order valence-corrected chi connectivity index (χ0v) is 12.7. The molecule has 1 saturated carbocycles. The Hall–Kier alpha value is -1.10. The number of hydrogen-bond donors (Lipinski definition) is 1. The van der Waals surface area contributed by atoms with Gasteiger partial charge in [-0.3, -0.25) is 9.80 Å². The normalized spacial score (nSPS) is 27.9. The molecule has 1 aliphatic carbocycles. The number of para-hydroxylation sites is 1. The SMILES string of the molecule is O[C@H]1CCC[C@H]1N1CCN(CCOc2ccccc2)CC1. The molecule has 2 fully saturated rings. The summed E-state index contributed by atoms with van der Waals surface area (Å²) in [5, 5.41) is 10.00. The van der Waals surface area contributed by atoms with Crippen LogP contribution in [0, 0.1) is 0 Å². The number of benzene rings is 1. The molecule has 0 bridgehead atoms. The molecule has 1 aromatic carbocycles. The van der Waals surface area contributed by atoms with Gasteiger partial charge in [0.25, 0.3) is 0 Å². The molecule has 1 heterocycles. The lowest BCUT2D eigenvalue weighted by Crippen LogP contribution is -2.52. The Morgan fingerprint density at radius 3 is 2.48 bits per heavy atom. The van der Waals surface area contributed by atoms with Gasteiger partial charge in [-0.2, -0.15) is 0 Å². The fourth-order valence-electron chi connectivity index (χ4n) is 3.47. The van der Waals surface area contributed by atoms with E-state index < -0.39 is 0 Å². The Bertz CT molecular complexity index is 418. The maximum atomic E-state index is 10.00. The van der Waals surface area contributed by atoms with Gasteiger partial charge in [0.1, 0.15) is 12.4 Å². The van der Waals surface area contributed by atoms with Gasteiger partial charge in [-0.1, -0.05) is 18.2 Å². The predicted octanol–water partition coefficient (Wildman–Crippen LogP) is 1.60. The Labute approximate surface area is 127 Å². The second-order valence-corrected chi connectivity index (χ2v) is 6.10. The second kappa shape index (κ2) is 7.25. The highest BCUT2D eigenvalue weighted by Crippen LogP contribution is 2.24. The van der Waals surface area contributed by atoms with Crippen LogP contribution < -0.4 is 4.74 Å². The number of hydrogen-bond acceptors (Lipinski definition) is 4. The van der Waals surface area contributed by atoms with Gasteiger partial charge in [0.15, 0.2) is 0 Å². The fourth-order valence-corrected chi connectivity index (χ4v) is 3.47. The van der Waals surface area contributed by atoms with Crippen molar-refractivity contribution in [2.45, 2.75) is 31.4 Å². The highest BCUT2D eigenvalue weighted by atomic mass is 16.5. The summed E-state index contributed by atoms with van der Waals surface area (Å²) < 4.78 is 5.76. The summed E-state index contributed by atoms with van der Waals surface area (Å²) in [4.78, 5) is 4.94. The zero-order valence-electron chi connectivity index (χ0n) is 12.7. The Balaban J connectivity index is 1.36. The molecule has 1 N–H and O–H groups in total. The average Bonchev–Trinajstić information content (AvgIpc) is 2.95. The lowest BCUT2D eigenvalue weighted by molar-refractivity contribution is 0.0325. The second-order valence-electron chi connectivity index (χ2n) is 6.10. The summed E-state index contributed by atoms with van der Waals surface area (Å²) in [6.07, 6.45) is 3.23. The quantitative estimate of drug-likeness (QED) is 0.893. The maximum Gasteiger partial charge on any atom is 0.119 e. The highest BCUT2D eigenvalue weighted by Gasteiger charge is 2.32. The van der Waals surface area contributed by atoms with E-state index in [4.69, 9.17) is 4.74 Å². The molecule has 1 aromatic rings. The van der Waals surface area contributed by atoms with Crippen molar-refractivity contribution in [3.63, 3.8) is 0 Å². The van der Waals surface area contributed by atoms with Crippen LogP contribution in [0.25, 0.3) is 0 Å². The molecule has 3 rings (SSSR count). The van der Waals surface area contributed by atoms with Gasteiger partial charge >= 0.3 is 0 Å². The van der Waals surface area contributed by atoms with E-state index in [9.17, 15) is 5.11 Å². The fraction of sp³-hybridized carbons (Fsp3) is 0.647. The lowest BCUT2D eigenvalue weighted by atomic mass is 10.1. The molecule has 21 heavy (non-hydrogen) atoms. The average molecular weight is 290 g/mol. The van der Waals surface area contributed by atoms with Crippen molar-refractivity contribution in [3.8, 4) is 5.75 Å². The van der Waals surface area contributed by atoms with Crippen LogP contribution in [-0.2, 0) is 0 Å². The highest BCUT2D eigenvalue weighted by molar-refractivity contribution is 5.20. The van der Waals surface area contributed by atoms with Crippen LogP contribution in [0.2, 0.25) is 0 Å². The van der Waals surface area contributed by atoms with E-state index in [0.717, 1.165) is 57.9 Å². The molecule has 0 unspecified atom stereocenters. The molecule has 1 aliphatic heterocycles. The van der Waals surface area contributed by atoms with E-state index in [2.05, 4.69) is 9.80 Å². The molecule has 4 nitrogen and oxygen atoms in total. The monoisotopic (exact) mass is 290 g/mol. The van der Waals surface area contributed by atoms with Crippen LogP contribution in [0.4, 0.5) is 0 Å². The van der Waals surface area contributed by atoms with E-state index >= 15 is 0 Å². The number of rotatable bonds is 5. The van der Waals surface area contributed by atoms with Crippen LogP contribution >= 0.6 is 0 Å². The first kappa shape index (κ1) is 14.8. The Morgan fingerprint density at radius 2 is 1.81 bits per heavy atom. The number of nitrogens with zero attached hydrogens (tertiary/aromatic N) is 2. The van der Waals surface area contributed by atoms with Crippen molar-refractivity contribution in [3.05, 3.63) is 30.3 Å². The van der Waals surface area contributed by atoms with Crippen LogP contribution in [0.1, 0.15) is 19.3 Å². The molecule has 116 valence electrons. The molecule has 0 radical (unpaired) electrons. The molecule has 2 atom stereocenters. The van der Waals surface area contributed by atoms with E-state index in [-0.39, 0.29) is 6.10 Å². The molecular formula is C17H26N2O2. The van der Waals surface area contributed by atoms with Crippen molar-refractivity contribution in [1.82, 2.24) is 9.80 Å². The third-order valence-corrected chi connectivity index (χ3v) is 4.74. The summed E-state index contributed by atoms with van der Waals surface area (Å²) in [6.45, 7) is 6.05. The first-order valence-electron chi connectivity index (χ1n) is 8.15. The van der Waals surface area contributed by atoms with Crippen molar-refractivity contribution < 1.29 is 9.84 Å². The maximum absolute atomic E-state index is 10.00. The Kier molecular flexibility index (Phi) is 5.12. The van der Waals surface area contributed by atoms with E-state index in [1.165, 1.54) is 6.42 Å². The van der Waals surface area contributed by atoms with Gasteiger partial charge in [0.2, 0.25) is 0 Å². The molecule has 4 heteroatoms. The molecule has 0 aromatic heterocycles. The summed E-state index contributed by atoms with van der Waals surface area (Å²) >= 11 is 0. The predicted molar refractivity (Wildman–Crippen MR) is 83.6 cm³/mol. The van der Waals surface area contributed by atoms with Crippen LogP contribution in [0.15, 0.2) is 30.3 Å². The topological polar surface area (TPSA) is 35.9 Å². The summed E-state index contributed by atoms with van der Waals surface area (Å²) in [5.74, 6) is 0.949. The summed E-state index contributed by atoms with van der Waals surface area (Å²) in [5.41, 5.74) is 0. The van der Waals surface area contributed by atoms with Crippen molar-refractivity contribution in [2.75, 3.05) is 39.3 Å². The largest absolute Gasteiger partial charge is 0.492 e. The number of piperazine rings is 1. The summed E-state index contributed by atoms with van der Waals surface area (Å²) in [6, 6.07) is 10.4. The lowest BCUT2D eigenvalue weighted by Gasteiger charge is -2.39. The van der Waals surface area contributed by atoms with Crippen molar-refractivity contribution in [2.24, 2.45) is 0 Å². The number of aliphatic hydroxyl groups excluding tert-OH is 1. The van der Waals surface area contributed by atoms with Crippen molar-refractivity contribution in [1.29, 1.82) is 0 Å². The van der Waals surface area contributed by atoms with Gasteiger partial charge in [-0.25, -0.2) is 0 Å². The van der Waals surface area contributed by atoms with Gasteiger partial charge in [0.05, 0.1) is 6.10 Å². The van der Waals surface area contributed by atoms with Crippen LogP contribution in [0.5, 0.6) is 5.75 Å². The molecular weight excluding hydrogens is 264 g/mol. The van der Waals surface area contributed by atoms with Gasteiger partial charge in [-0.05, 0) is 31.4 Å². The molecule has 0 amide bonds. The molecule has 1 saturated heterocycles. The summed E-state index contributed by atoms with van der Waals surface area (Å²) in [7, 11) is 0. The first-order valence-corrected chi connectivity index (χ1v) is 8.15. The smallest absolute Gasteiger partial charge is 0.119 e. The third kappa shape index (κ3) is 3.96. The minimum absolute atomic E-state index is 0.0991. The van der Waals surface area contributed by atoms with E-state index in [0.29, 0.717) is 6.04 Å². The third-order valence-electron chi connectivity index (χ3n) is 4.74. The zero-order chi connectivity index (χ0) is 14.5. The minimum Gasteiger partial charge on any atom is -0.492 e. The molecule has 0 spiro atoms.